The van der Waals surface area contributed by atoms with Crippen LogP contribution < -0.4 is 10.1 Å². The normalized spacial score (nSPS) is 10.5. The van der Waals surface area contributed by atoms with Crippen LogP contribution in [-0.2, 0) is 6.54 Å². The number of nitrogens with one attached hydrogen (secondary N) is 1. The van der Waals surface area contributed by atoms with Gasteiger partial charge in [0.15, 0.2) is 0 Å². The van der Waals surface area contributed by atoms with E-state index in [1.165, 1.54) is 17.0 Å². The van der Waals surface area contributed by atoms with E-state index in [0.717, 1.165) is 13.9 Å². The van der Waals surface area contributed by atoms with Gasteiger partial charge in [-0.1, -0.05) is 0 Å². The summed E-state index contributed by atoms with van der Waals surface area (Å²) in [5.74, 6) is 0.243. The van der Waals surface area contributed by atoms with Crippen LogP contribution in [0.15, 0.2) is 32.5 Å². The number of thiophene rings is 1. The lowest BCUT2D eigenvalue weighted by Gasteiger charge is -2.11. The zero-order valence-electron chi connectivity index (χ0n) is 10.2. The number of benzene rings is 1. The van der Waals surface area contributed by atoms with Crippen LogP contribution in [0, 0.1) is 5.82 Å². The molecule has 1 aromatic heterocycles. The third kappa shape index (κ3) is 3.94. The summed E-state index contributed by atoms with van der Waals surface area (Å²) < 4.78 is 20.7. The van der Waals surface area contributed by atoms with Gasteiger partial charge in [0.05, 0.1) is 16.1 Å². The number of ether oxygens (including phenoxy) is 1. The highest BCUT2D eigenvalue weighted by Gasteiger charge is 2.07. The minimum absolute atomic E-state index is 0.296. The van der Waals surface area contributed by atoms with Gasteiger partial charge < -0.3 is 10.1 Å². The highest BCUT2D eigenvalue weighted by Crippen LogP contribution is 2.33. The minimum atomic E-state index is -0.296. The van der Waals surface area contributed by atoms with Crippen molar-refractivity contribution in [1.82, 2.24) is 0 Å². The molecule has 0 atom stereocenters. The summed E-state index contributed by atoms with van der Waals surface area (Å²) in [5, 5.41) is 3.26. The van der Waals surface area contributed by atoms with Crippen LogP contribution in [0.1, 0.15) is 11.8 Å². The van der Waals surface area contributed by atoms with Gasteiger partial charge >= 0.3 is 0 Å². The predicted molar refractivity (Wildman–Crippen MR) is 84.6 cm³/mol. The summed E-state index contributed by atoms with van der Waals surface area (Å²) in [7, 11) is 0. The van der Waals surface area contributed by atoms with Gasteiger partial charge in [0.25, 0.3) is 0 Å². The lowest BCUT2D eigenvalue weighted by molar-refractivity contribution is 0.340. The molecule has 1 aromatic carbocycles. The average molecular weight is 409 g/mol. The molecular formula is C13H12Br2FNOS. The topological polar surface area (TPSA) is 21.3 Å². The van der Waals surface area contributed by atoms with Crippen LogP contribution in [0.25, 0.3) is 0 Å². The molecule has 0 saturated heterocycles. The van der Waals surface area contributed by atoms with Gasteiger partial charge in [-0.3, -0.25) is 0 Å². The molecular weight excluding hydrogens is 397 g/mol. The molecule has 102 valence electrons. The Labute approximate surface area is 132 Å². The van der Waals surface area contributed by atoms with Gasteiger partial charge in [0.2, 0.25) is 0 Å². The number of halogens is 3. The van der Waals surface area contributed by atoms with Gasteiger partial charge in [-0.15, -0.1) is 11.3 Å². The Hall–Kier alpha value is -0.590. The van der Waals surface area contributed by atoms with Gasteiger partial charge in [-0.25, -0.2) is 4.39 Å². The molecule has 0 aliphatic rings. The Balaban J connectivity index is 2.10. The highest BCUT2D eigenvalue weighted by molar-refractivity contribution is 9.13. The van der Waals surface area contributed by atoms with E-state index in [-0.39, 0.29) is 5.82 Å². The first-order valence-electron chi connectivity index (χ1n) is 5.70. The van der Waals surface area contributed by atoms with Crippen molar-refractivity contribution in [1.29, 1.82) is 0 Å². The van der Waals surface area contributed by atoms with E-state index >= 15 is 0 Å². The SMILES string of the molecule is CCOc1cc(F)ccc1NCc1cc(Br)c(Br)s1. The molecule has 0 amide bonds. The maximum atomic E-state index is 13.2. The quantitative estimate of drug-likeness (QED) is 0.712. The van der Waals surface area contributed by atoms with Crippen molar-refractivity contribution < 1.29 is 9.13 Å². The summed E-state index contributed by atoms with van der Waals surface area (Å²) in [4.78, 5) is 1.17. The van der Waals surface area contributed by atoms with E-state index < -0.39 is 0 Å². The molecule has 0 radical (unpaired) electrons. The largest absolute Gasteiger partial charge is 0.492 e. The second kappa shape index (κ2) is 6.72. The first-order valence-corrected chi connectivity index (χ1v) is 8.10. The van der Waals surface area contributed by atoms with Crippen LogP contribution in [0.2, 0.25) is 0 Å². The zero-order valence-corrected chi connectivity index (χ0v) is 14.2. The van der Waals surface area contributed by atoms with Gasteiger partial charge in [0.1, 0.15) is 11.6 Å². The first kappa shape index (κ1) is 14.8. The number of hydrogen-bond donors (Lipinski definition) is 1. The molecule has 2 nitrogen and oxygen atoms in total. The highest BCUT2D eigenvalue weighted by atomic mass is 79.9. The van der Waals surface area contributed by atoms with E-state index in [0.29, 0.717) is 18.9 Å². The maximum Gasteiger partial charge on any atom is 0.145 e. The van der Waals surface area contributed by atoms with Crippen LogP contribution in [0.4, 0.5) is 10.1 Å². The van der Waals surface area contributed by atoms with Crippen molar-refractivity contribution >= 4 is 48.9 Å². The van der Waals surface area contributed by atoms with Crippen molar-refractivity contribution in [3.8, 4) is 5.75 Å². The minimum Gasteiger partial charge on any atom is -0.492 e. The Morgan fingerprint density at radius 3 is 2.74 bits per heavy atom. The zero-order chi connectivity index (χ0) is 13.8. The molecule has 1 heterocycles. The van der Waals surface area contributed by atoms with Crippen molar-refractivity contribution in [2.24, 2.45) is 0 Å². The number of anilines is 1. The lowest BCUT2D eigenvalue weighted by Crippen LogP contribution is -2.02. The van der Waals surface area contributed by atoms with E-state index in [4.69, 9.17) is 4.74 Å². The van der Waals surface area contributed by atoms with Crippen LogP contribution in [-0.4, -0.2) is 6.61 Å². The van der Waals surface area contributed by atoms with E-state index in [9.17, 15) is 4.39 Å². The summed E-state index contributed by atoms with van der Waals surface area (Å²) in [6, 6.07) is 6.56. The molecule has 2 rings (SSSR count). The summed E-state index contributed by atoms with van der Waals surface area (Å²) in [6.07, 6.45) is 0. The molecule has 19 heavy (non-hydrogen) atoms. The van der Waals surface area contributed by atoms with Crippen molar-refractivity contribution in [3.05, 3.63) is 43.2 Å². The predicted octanol–water partition coefficient (Wildman–Crippen LogP) is 5.42. The fraction of sp³-hybridized carbons (Fsp3) is 0.231. The lowest BCUT2D eigenvalue weighted by atomic mass is 10.2. The fourth-order valence-corrected chi connectivity index (χ4v) is 3.69. The van der Waals surface area contributed by atoms with E-state index in [2.05, 4.69) is 37.2 Å². The van der Waals surface area contributed by atoms with Crippen LogP contribution in [0.3, 0.4) is 0 Å². The molecule has 0 aliphatic carbocycles. The Kier molecular flexibility index (Phi) is 5.24. The standard InChI is InChI=1S/C13H12Br2FNOS/c1-2-18-12-5-8(16)3-4-11(12)17-7-9-6-10(14)13(15)19-9/h3-6,17H,2,7H2,1H3. The van der Waals surface area contributed by atoms with Gasteiger partial charge in [0, 0.05) is 22.0 Å². The van der Waals surface area contributed by atoms with Crippen molar-refractivity contribution in [2.75, 3.05) is 11.9 Å². The van der Waals surface area contributed by atoms with Gasteiger partial charge in [-0.2, -0.15) is 0 Å². The van der Waals surface area contributed by atoms with Crippen molar-refractivity contribution in [2.45, 2.75) is 13.5 Å². The van der Waals surface area contributed by atoms with Crippen LogP contribution >= 0.6 is 43.2 Å². The van der Waals surface area contributed by atoms with E-state index in [1.807, 2.05) is 13.0 Å². The third-order valence-electron chi connectivity index (χ3n) is 2.39. The molecule has 6 heteroatoms. The maximum absolute atomic E-state index is 13.2. The number of rotatable bonds is 5. The summed E-state index contributed by atoms with van der Waals surface area (Å²) in [6.45, 7) is 3.05. The second-order valence-electron chi connectivity index (χ2n) is 3.76. The number of hydrogen-bond acceptors (Lipinski definition) is 3. The molecule has 0 saturated carbocycles. The summed E-state index contributed by atoms with van der Waals surface area (Å²) >= 11 is 8.56. The van der Waals surface area contributed by atoms with Crippen LogP contribution in [0.5, 0.6) is 5.75 Å². The fourth-order valence-electron chi connectivity index (χ4n) is 1.58. The second-order valence-corrected chi connectivity index (χ2v) is 7.07. The Morgan fingerprint density at radius 2 is 2.11 bits per heavy atom. The average Bonchev–Trinajstić information content (AvgIpc) is 2.68. The molecule has 0 aliphatic heterocycles. The summed E-state index contributed by atoms with van der Waals surface area (Å²) in [5.41, 5.74) is 0.795. The molecule has 0 spiro atoms. The first-order chi connectivity index (χ1) is 9.10. The molecule has 1 N–H and O–H groups in total. The monoisotopic (exact) mass is 407 g/mol. The molecule has 2 aromatic rings. The Bertz CT molecular complexity index is 554. The molecule has 0 unspecified atom stereocenters. The van der Waals surface area contributed by atoms with Crippen molar-refractivity contribution in [3.63, 3.8) is 0 Å². The smallest absolute Gasteiger partial charge is 0.145 e. The Morgan fingerprint density at radius 1 is 1.32 bits per heavy atom. The van der Waals surface area contributed by atoms with Gasteiger partial charge in [-0.05, 0) is 57.0 Å². The molecule has 0 bridgehead atoms. The third-order valence-corrected chi connectivity index (χ3v) is 5.65. The molecule has 0 fully saturated rings. The van der Waals surface area contributed by atoms with E-state index in [1.54, 1.807) is 17.4 Å².